The lowest BCUT2D eigenvalue weighted by atomic mass is 10.1. The first kappa shape index (κ1) is 16.7. The molecule has 0 bridgehead atoms. The van der Waals surface area contributed by atoms with Crippen molar-refractivity contribution in [2.24, 2.45) is 0 Å². The predicted octanol–water partition coefficient (Wildman–Crippen LogP) is 4.87. The van der Waals surface area contributed by atoms with Crippen molar-refractivity contribution >= 4 is 23.5 Å². The molecule has 108 valence electrons. The third kappa shape index (κ3) is 9.57. The van der Waals surface area contributed by atoms with Gasteiger partial charge in [-0.3, -0.25) is 4.90 Å². The number of unbranched alkanes of at least 4 members (excludes halogenated alkanes) is 6. The van der Waals surface area contributed by atoms with E-state index in [1.807, 2.05) is 0 Å². The van der Waals surface area contributed by atoms with E-state index < -0.39 is 0 Å². The van der Waals surface area contributed by atoms with E-state index in [0.29, 0.717) is 0 Å². The minimum Gasteiger partial charge on any atom is -0.293 e. The Morgan fingerprint density at radius 1 is 0.944 bits per heavy atom. The number of thioether (sulfide) groups is 2. The molecule has 0 atom stereocenters. The number of rotatable bonds is 12. The molecule has 1 fully saturated rings. The van der Waals surface area contributed by atoms with Crippen LogP contribution in [-0.4, -0.2) is 41.1 Å². The van der Waals surface area contributed by atoms with Crippen LogP contribution in [0.2, 0.25) is 0 Å². The van der Waals surface area contributed by atoms with Gasteiger partial charge in [0.25, 0.3) is 0 Å². The van der Waals surface area contributed by atoms with Gasteiger partial charge in [0.15, 0.2) is 0 Å². The molecule has 0 aromatic rings. The van der Waals surface area contributed by atoms with Gasteiger partial charge in [-0.2, -0.15) is 11.8 Å². The van der Waals surface area contributed by atoms with Crippen LogP contribution in [0.25, 0.3) is 0 Å². The molecule has 0 amide bonds. The fraction of sp³-hybridized carbons (Fsp3) is 1.00. The Kier molecular flexibility index (Phi) is 11.8. The molecule has 0 aromatic carbocycles. The van der Waals surface area contributed by atoms with Gasteiger partial charge in [0.1, 0.15) is 0 Å². The summed E-state index contributed by atoms with van der Waals surface area (Å²) >= 11 is 4.26. The molecule has 0 aromatic heterocycles. The van der Waals surface area contributed by atoms with Crippen LogP contribution >= 0.6 is 23.5 Å². The van der Waals surface area contributed by atoms with Crippen LogP contribution in [0.3, 0.4) is 0 Å². The molecule has 1 aliphatic heterocycles. The molecule has 1 aliphatic rings. The van der Waals surface area contributed by atoms with E-state index in [0.717, 1.165) is 0 Å². The number of nitrogens with zero attached hydrogens (tertiary/aromatic N) is 1. The maximum absolute atomic E-state index is 2.60. The van der Waals surface area contributed by atoms with Crippen molar-refractivity contribution in [3.63, 3.8) is 0 Å². The number of hydrogen-bond acceptors (Lipinski definition) is 3. The first-order chi connectivity index (χ1) is 8.93. The summed E-state index contributed by atoms with van der Waals surface area (Å²) in [5.74, 6) is 5.40. The summed E-state index contributed by atoms with van der Waals surface area (Å²) in [5, 5.41) is 0. The Morgan fingerprint density at radius 3 is 2.39 bits per heavy atom. The van der Waals surface area contributed by atoms with Gasteiger partial charge in [0.05, 0.1) is 0 Å². The summed E-state index contributed by atoms with van der Waals surface area (Å²) in [6.07, 6.45) is 11.5. The average molecular weight is 290 g/mol. The van der Waals surface area contributed by atoms with Gasteiger partial charge >= 0.3 is 0 Å². The topological polar surface area (TPSA) is 3.24 Å². The highest BCUT2D eigenvalue weighted by Gasteiger charge is 2.10. The maximum atomic E-state index is 2.60. The highest BCUT2D eigenvalue weighted by Crippen LogP contribution is 2.15. The molecule has 0 saturated carbocycles. The van der Waals surface area contributed by atoms with Gasteiger partial charge < -0.3 is 0 Å². The molecule has 1 nitrogen and oxygen atoms in total. The largest absolute Gasteiger partial charge is 0.293 e. The lowest BCUT2D eigenvalue weighted by Gasteiger charge is -2.12. The van der Waals surface area contributed by atoms with E-state index in [2.05, 4.69) is 35.3 Å². The molecule has 0 spiro atoms. The van der Waals surface area contributed by atoms with Gasteiger partial charge in [-0.1, -0.05) is 45.4 Å². The summed E-state index contributed by atoms with van der Waals surface area (Å²) in [4.78, 5) is 2.60. The predicted molar refractivity (Wildman–Crippen MR) is 88.8 cm³/mol. The summed E-state index contributed by atoms with van der Waals surface area (Å²) in [6.45, 7) is 4.95. The molecule has 0 radical (unpaired) electrons. The van der Waals surface area contributed by atoms with Crippen molar-refractivity contribution in [1.29, 1.82) is 0 Å². The van der Waals surface area contributed by atoms with Gasteiger partial charge in [0, 0.05) is 18.2 Å². The Bertz CT molecular complexity index is 170. The van der Waals surface area contributed by atoms with Crippen LogP contribution in [0.15, 0.2) is 0 Å². The van der Waals surface area contributed by atoms with Gasteiger partial charge in [0.2, 0.25) is 0 Å². The normalized spacial score (nSPS) is 16.5. The van der Waals surface area contributed by atoms with Crippen molar-refractivity contribution in [2.45, 2.75) is 58.3 Å². The zero-order valence-corrected chi connectivity index (χ0v) is 13.8. The van der Waals surface area contributed by atoms with Crippen LogP contribution in [0.4, 0.5) is 0 Å². The van der Waals surface area contributed by atoms with Crippen molar-refractivity contribution < 1.29 is 0 Å². The fourth-order valence-electron chi connectivity index (χ4n) is 2.28. The van der Waals surface area contributed by atoms with Crippen LogP contribution in [-0.2, 0) is 0 Å². The maximum Gasteiger partial charge on any atom is 0.0445 e. The summed E-state index contributed by atoms with van der Waals surface area (Å²) in [7, 11) is 0. The second-order valence-corrected chi connectivity index (χ2v) is 7.54. The van der Waals surface area contributed by atoms with Gasteiger partial charge in [-0.15, -0.1) is 11.8 Å². The summed E-state index contributed by atoms with van der Waals surface area (Å²) in [6, 6.07) is 0. The van der Waals surface area contributed by atoms with Crippen LogP contribution < -0.4 is 0 Å². The Hall–Kier alpha value is 0.660. The second-order valence-electron chi connectivity index (χ2n) is 5.24. The zero-order valence-electron chi connectivity index (χ0n) is 12.2. The van der Waals surface area contributed by atoms with Gasteiger partial charge in [-0.05, 0) is 30.9 Å². The van der Waals surface area contributed by atoms with E-state index in [1.54, 1.807) is 0 Å². The third-order valence-electron chi connectivity index (χ3n) is 3.48. The van der Waals surface area contributed by atoms with Crippen molar-refractivity contribution in [3.05, 3.63) is 0 Å². The van der Waals surface area contributed by atoms with Crippen molar-refractivity contribution in [1.82, 2.24) is 4.90 Å². The number of hydrogen-bond donors (Lipinski definition) is 0. The third-order valence-corrected chi connectivity index (χ3v) is 5.65. The van der Waals surface area contributed by atoms with Crippen LogP contribution in [0.5, 0.6) is 0 Å². The fourth-order valence-corrected chi connectivity index (χ4v) is 4.26. The lowest BCUT2D eigenvalue weighted by Crippen LogP contribution is -2.21. The van der Waals surface area contributed by atoms with Gasteiger partial charge in [-0.25, -0.2) is 0 Å². The Balaban J connectivity index is 1.68. The van der Waals surface area contributed by atoms with Crippen molar-refractivity contribution in [2.75, 3.05) is 36.2 Å². The lowest BCUT2D eigenvalue weighted by molar-refractivity contribution is 0.358. The molecule has 18 heavy (non-hydrogen) atoms. The van der Waals surface area contributed by atoms with Crippen LogP contribution in [0.1, 0.15) is 58.3 Å². The molecule has 0 N–H and O–H groups in total. The molecule has 3 heteroatoms. The Labute approximate surface area is 123 Å². The minimum absolute atomic E-state index is 1.28. The molecule has 1 heterocycles. The first-order valence-electron chi connectivity index (χ1n) is 7.81. The van der Waals surface area contributed by atoms with E-state index in [4.69, 9.17) is 0 Å². The molecular weight excluding hydrogens is 258 g/mol. The molecule has 1 saturated heterocycles. The SMILES string of the molecule is CCCCCCCCCSCCCN1CCSC1. The molecule has 0 unspecified atom stereocenters. The van der Waals surface area contributed by atoms with Crippen molar-refractivity contribution in [3.8, 4) is 0 Å². The van der Waals surface area contributed by atoms with E-state index in [-0.39, 0.29) is 0 Å². The van der Waals surface area contributed by atoms with E-state index >= 15 is 0 Å². The first-order valence-corrected chi connectivity index (χ1v) is 10.1. The average Bonchev–Trinajstić information content (AvgIpc) is 2.89. The summed E-state index contributed by atoms with van der Waals surface area (Å²) < 4.78 is 0. The highest BCUT2D eigenvalue weighted by molar-refractivity contribution is 7.99. The standard InChI is InChI=1S/C15H31NS2/c1-2-3-4-5-6-7-8-12-17-13-9-10-16-11-14-18-15-16/h2-15H2,1H3. The minimum atomic E-state index is 1.28. The van der Waals surface area contributed by atoms with Crippen LogP contribution in [0, 0.1) is 0 Å². The molecular formula is C15H31NS2. The smallest absolute Gasteiger partial charge is 0.0445 e. The quantitative estimate of drug-likeness (QED) is 0.472. The molecule has 0 aliphatic carbocycles. The highest BCUT2D eigenvalue weighted by atomic mass is 32.2. The monoisotopic (exact) mass is 289 g/mol. The summed E-state index contributed by atoms with van der Waals surface area (Å²) in [5.41, 5.74) is 0. The molecule has 1 rings (SSSR count). The second kappa shape index (κ2) is 12.7. The Morgan fingerprint density at radius 2 is 1.67 bits per heavy atom. The van der Waals surface area contributed by atoms with E-state index in [9.17, 15) is 0 Å². The van der Waals surface area contributed by atoms with E-state index in [1.165, 1.54) is 87.6 Å². The zero-order chi connectivity index (χ0) is 12.9.